The molecule has 2 saturated heterocycles. The van der Waals surface area contributed by atoms with Gasteiger partial charge in [-0.3, -0.25) is 14.4 Å². The number of allylic oxidation sites excluding steroid dienone is 1. The number of benzene rings is 1. The van der Waals surface area contributed by atoms with E-state index in [4.69, 9.17) is 9.47 Å². The van der Waals surface area contributed by atoms with Crippen LogP contribution in [0, 0.1) is 6.92 Å². The van der Waals surface area contributed by atoms with Crippen LogP contribution in [0.5, 0.6) is 11.5 Å². The topological polar surface area (TPSA) is 80.1 Å². The Morgan fingerprint density at radius 2 is 1.94 bits per heavy atom. The molecule has 3 aliphatic rings. The number of fused-ring (bicyclic) bond motifs is 3. The molecule has 0 saturated carbocycles. The van der Waals surface area contributed by atoms with Crippen molar-refractivity contribution in [2.75, 3.05) is 33.9 Å². The first-order valence-electron chi connectivity index (χ1n) is 12.2. The molecule has 5 rings (SSSR count). The minimum atomic E-state index is -1.44. The highest BCUT2D eigenvalue weighted by atomic mass is 19.1. The van der Waals surface area contributed by atoms with Crippen LogP contribution < -0.4 is 9.47 Å². The van der Waals surface area contributed by atoms with Gasteiger partial charge in [0.1, 0.15) is 17.7 Å². The standard InChI is InChI=1S/C26H32FN5O4/c1-6-32-25(34)31-14-17-11-18(35-4)12-21(36-5)23(17)20(27)13-22(31)26(32)7-9-30(10-8-26)24(33)19-15-29(3)28-16(19)2/h11-13,15,20H,6-10,14H2,1-5H3. The molecule has 1 aromatic heterocycles. The number of nitrogens with zero attached hydrogens (tertiary/aromatic N) is 5. The van der Waals surface area contributed by atoms with Crippen LogP contribution in [-0.4, -0.2) is 75.8 Å². The van der Waals surface area contributed by atoms with Gasteiger partial charge in [0.2, 0.25) is 0 Å². The molecule has 2 aromatic rings. The molecule has 192 valence electrons. The molecule has 9 nitrogen and oxygen atoms in total. The van der Waals surface area contributed by atoms with Crippen molar-refractivity contribution in [1.29, 1.82) is 0 Å². The maximum atomic E-state index is 15.9. The van der Waals surface area contributed by atoms with Gasteiger partial charge in [0.25, 0.3) is 5.91 Å². The lowest BCUT2D eigenvalue weighted by molar-refractivity contribution is 0.0574. The van der Waals surface area contributed by atoms with E-state index in [1.54, 1.807) is 48.1 Å². The van der Waals surface area contributed by atoms with E-state index in [0.717, 1.165) is 0 Å². The number of carbonyl (C=O) groups excluding carboxylic acids is 2. The van der Waals surface area contributed by atoms with Crippen molar-refractivity contribution < 1.29 is 23.5 Å². The molecule has 3 amide bonds. The van der Waals surface area contributed by atoms with E-state index in [1.807, 2.05) is 23.6 Å². The van der Waals surface area contributed by atoms with Gasteiger partial charge in [0.05, 0.1) is 37.6 Å². The zero-order valence-corrected chi connectivity index (χ0v) is 21.4. The molecule has 1 spiro atoms. The smallest absolute Gasteiger partial charge is 0.325 e. The number of urea groups is 1. The molecule has 2 fully saturated rings. The number of aryl methyl sites for hydroxylation is 2. The minimum absolute atomic E-state index is 0.0675. The number of likely N-dealkylation sites (tertiary alicyclic amines) is 1. The number of halogens is 1. The summed E-state index contributed by atoms with van der Waals surface area (Å²) in [5.41, 5.74) is 2.35. The number of aromatic nitrogens is 2. The number of carbonyl (C=O) groups is 2. The van der Waals surface area contributed by atoms with Gasteiger partial charge >= 0.3 is 6.03 Å². The number of ether oxygens (including phenoxy) is 2. The van der Waals surface area contributed by atoms with Crippen LogP contribution in [0.1, 0.15) is 53.1 Å². The van der Waals surface area contributed by atoms with Gasteiger partial charge in [-0.2, -0.15) is 5.10 Å². The Kier molecular flexibility index (Phi) is 5.92. The van der Waals surface area contributed by atoms with Crippen LogP contribution in [0.2, 0.25) is 0 Å². The van der Waals surface area contributed by atoms with Crippen molar-refractivity contribution in [3.63, 3.8) is 0 Å². The van der Waals surface area contributed by atoms with Gasteiger partial charge in [0.15, 0.2) is 0 Å². The highest BCUT2D eigenvalue weighted by molar-refractivity contribution is 5.95. The second kappa shape index (κ2) is 8.83. The van der Waals surface area contributed by atoms with Crippen molar-refractivity contribution in [3.05, 3.63) is 52.5 Å². The normalized spacial score (nSPS) is 20.7. The number of methoxy groups -OCH3 is 2. The molecule has 1 unspecified atom stereocenters. The molecule has 0 radical (unpaired) electrons. The first-order chi connectivity index (χ1) is 17.2. The highest BCUT2D eigenvalue weighted by Crippen LogP contribution is 2.49. The Labute approximate surface area is 210 Å². The van der Waals surface area contributed by atoms with Crippen LogP contribution in [-0.2, 0) is 13.6 Å². The van der Waals surface area contributed by atoms with Gasteiger partial charge in [-0.1, -0.05) is 0 Å². The molecule has 1 atom stereocenters. The average molecular weight is 498 g/mol. The van der Waals surface area contributed by atoms with Crippen LogP contribution in [0.3, 0.4) is 0 Å². The van der Waals surface area contributed by atoms with Crippen molar-refractivity contribution >= 4 is 11.9 Å². The summed E-state index contributed by atoms with van der Waals surface area (Å²) in [4.78, 5) is 32.2. The third kappa shape index (κ3) is 3.53. The van der Waals surface area contributed by atoms with Gasteiger partial charge in [-0.25, -0.2) is 9.18 Å². The summed E-state index contributed by atoms with van der Waals surface area (Å²) < 4.78 is 28.4. The van der Waals surface area contributed by atoms with Crippen molar-refractivity contribution in [2.24, 2.45) is 7.05 Å². The van der Waals surface area contributed by atoms with Gasteiger partial charge in [-0.15, -0.1) is 0 Å². The monoisotopic (exact) mass is 497 g/mol. The number of alkyl halides is 1. The Morgan fingerprint density at radius 3 is 2.53 bits per heavy atom. The molecule has 0 N–H and O–H groups in total. The van der Waals surface area contributed by atoms with E-state index in [1.165, 1.54) is 7.11 Å². The van der Waals surface area contributed by atoms with Gasteiger partial charge in [0, 0.05) is 50.2 Å². The minimum Gasteiger partial charge on any atom is -0.497 e. The summed E-state index contributed by atoms with van der Waals surface area (Å²) in [6.45, 7) is 5.41. The Balaban J connectivity index is 1.49. The SMILES string of the molecule is CCN1C(=O)N2Cc3cc(OC)cc(OC)c3C(F)C=C2C12CCN(C(=O)c1cn(C)nc1C)CC2. The van der Waals surface area contributed by atoms with Crippen molar-refractivity contribution in [2.45, 2.75) is 44.9 Å². The van der Waals surface area contributed by atoms with Gasteiger partial charge < -0.3 is 19.3 Å². The Hall–Kier alpha value is -3.56. The van der Waals surface area contributed by atoms with E-state index in [-0.39, 0.29) is 18.5 Å². The lowest BCUT2D eigenvalue weighted by atomic mass is 9.82. The highest BCUT2D eigenvalue weighted by Gasteiger charge is 2.55. The van der Waals surface area contributed by atoms with Gasteiger partial charge in [-0.05, 0) is 44.4 Å². The van der Waals surface area contributed by atoms with E-state index < -0.39 is 11.7 Å². The molecule has 36 heavy (non-hydrogen) atoms. The molecular formula is C26H32FN5O4. The lowest BCUT2D eigenvalue weighted by Gasteiger charge is -2.44. The van der Waals surface area contributed by atoms with Crippen molar-refractivity contribution in [1.82, 2.24) is 24.5 Å². The predicted octanol–water partition coefficient (Wildman–Crippen LogP) is 3.59. The van der Waals surface area contributed by atoms with Crippen molar-refractivity contribution in [3.8, 4) is 11.5 Å². The maximum Gasteiger partial charge on any atom is 0.325 e. The molecule has 10 heteroatoms. The quantitative estimate of drug-likeness (QED) is 0.645. The summed E-state index contributed by atoms with van der Waals surface area (Å²) >= 11 is 0. The fourth-order valence-electron chi connectivity index (χ4n) is 6.02. The zero-order valence-electron chi connectivity index (χ0n) is 21.4. The molecule has 1 aromatic carbocycles. The van der Waals surface area contributed by atoms with Crippen LogP contribution >= 0.6 is 0 Å². The van der Waals surface area contributed by atoms with Crippen LogP contribution in [0.15, 0.2) is 30.1 Å². The molecule has 0 bridgehead atoms. The number of hydrogen-bond donors (Lipinski definition) is 0. The lowest BCUT2D eigenvalue weighted by Crippen LogP contribution is -2.54. The Morgan fingerprint density at radius 1 is 1.22 bits per heavy atom. The summed E-state index contributed by atoms with van der Waals surface area (Å²) in [5, 5.41) is 4.29. The number of hydrogen-bond acceptors (Lipinski definition) is 5. The van der Waals surface area contributed by atoms with Crippen LogP contribution in [0.4, 0.5) is 9.18 Å². The molecular weight excluding hydrogens is 465 g/mol. The zero-order chi connectivity index (χ0) is 25.8. The first kappa shape index (κ1) is 24.1. The summed E-state index contributed by atoms with van der Waals surface area (Å²) in [7, 11) is 4.84. The summed E-state index contributed by atoms with van der Waals surface area (Å²) in [6.07, 6.45) is 2.92. The summed E-state index contributed by atoms with van der Waals surface area (Å²) in [5.74, 6) is 0.880. The third-order valence-corrected chi connectivity index (χ3v) is 7.75. The van der Waals surface area contributed by atoms with E-state index >= 15 is 4.39 Å². The van der Waals surface area contributed by atoms with E-state index in [2.05, 4.69) is 5.10 Å². The van der Waals surface area contributed by atoms with E-state index in [9.17, 15) is 9.59 Å². The fourth-order valence-corrected chi connectivity index (χ4v) is 6.02. The average Bonchev–Trinajstić information content (AvgIpc) is 3.24. The fraction of sp³-hybridized carbons (Fsp3) is 0.500. The number of amides is 3. The van der Waals surface area contributed by atoms with E-state index in [0.29, 0.717) is 72.1 Å². The summed E-state index contributed by atoms with van der Waals surface area (Å²) in [6, 6.07) is 3.29. The molecule has 4 heterocycles. The number of rotatable bonds is 4. The largest absolute Gasteiger partial charge is 0.497 e. The molecule has 3 aliphatic heterocycles. The molecule has 0 aliphatic carbocycles. The van der Waals surface area contributed by atoms with Crippen LogP contribution in [0.25, 0.3) is 0 Å². The third-order valence-electron chi connectivity index (χ3n) is 7.75. The maximum absolute atomic E-state index is 15.9. The number of piperidine rings is 1. The second-order valence-corrected chi connectivity index (χ2v) is 9.59. The Bertz CT molecular complexity index is 1250. The first-order valence-corrected chi connectivity index (χ1v) is 12.2. The second-order valence-electron chi connectivity index (χ2n) is 9.59. The number of likely N-dealkylation sites (N-methyl/N-ethyl adjacent to an activating group) is 1. The predicted molar refractivity (Wildman–Crippen MR) is 131 cm³/mol.